The van der Waals surface area contributed by atoms with Gasteiger partial charge in [-0.25, -0.2) is 4.98 Å². The summed E-state index contributed by atoms with van der Waals surface area (Å²) in [5.74, 6) is -0.429. The molecule has 1 atom stereocenters. The minimum atomic E-state index is -4.72. The first kappa shape index (κ1) is 15.6. The molecule has 1 fully saturated rings. The number of nitrogens with zero attached hydrogens (tertiary/aromatic N) is 2. The summed E-state index contributed by atoms with van der Waals surface area (Å²) in [6.07, 6.45) is -0.343. The van der Waals surface area contributed by atoms with Crippen LogP contribution in [0.4, 0.5) is 9.02 Å². The number of carbonyl (C=O) groups is 1. The van der Waals surface area contributed by atoms with Crippen molar-refractivity contribution in [3.05, 3.63) is 34.1 Å². The van der Waals surface area contributed by atoms with Gasteiger partial charge in [-0.15, -0.1) is 15.2 Å². The number of thiazole rings is 1. The monoisotopic (exact) mass is 404 g/mol. The maximum absolute atomic E-state index is 13.0. The summed E-state index contributed by atoms with van der Waals surface area (Å²) >= 11 is 4.60. The van der Waals surface area contributed by atoms with Crippen LogP contribution >= 0.6 is 27.3 Å². The van der Waals surface area contributed by atoms with Crippen molar-refractivity contribution < 1.29 is 17.1 Å². The molecule has 3 rings (SSSR count). The van der Waals surface area contributed by atoms with Crippen molar-refractivity contribution in [2.24, 2.45) is 0 Å². The zero-order valence-electron chi connectivity index (χ0n) is 11.1. The van der Waals surface area contributed by atoms with Crippen LogP contribution in [0.5, 0.6) is 0 Å². The minimum absolute atomic E-state index is 0.191. The van der Waals surface area contributed by atoms with Crippen LogP contribution in [0.25, 0.3) is 11.3 Å². The predicted octanol–water partition coefficient (Wildman–Crippen LogP) is 2.98. The van der Waals surface area contributed by atoms with Crippen molar-refractivity contribution >= 4 is 48.5 Å². The van der Waals surface area contributed by atoms with Crippen LogP contribution in [0.2, 0.25) is 0 Å². The van der Waals surface area contributed by atoms with E-state index in [2.05, 4.69) is 20.9 Å². The number of benzene rings is 1. The predicted molar refractivity (Wildman–Crippen MR) is 86.0 cm³/mol. The third-order valence-corrected chi connectivity index (χ3v) is 5.80. The lowest BCUT2D eigenvalue weighted by Gasteiger charge is -2.11. The van der Waals surface area contributed by atoms with E-state index in [4.69, 9.17) is 0 Å². The number of aromatic nitrogens is 1. The number of hydrogen-bond acceptors (Lipinski definition) is 5. The molecule has 0 aliphatic carbocycles. The summed E-state index contributed by atoms with van der Waals surface area (Å²) in [5.41, 5.74) is 1.55. The Morgan fingerprint density at radius 1 is 1.41 bits per heavy atom. The van der Waals surface area contributed by atoms with Gasteiger partial charge in [-0.3, -0.25) is 9.69 Å². The molecule has 0 N–H and O–H groups in total. The highest BCUT2D eigenvalue weighted by molar-refractivity contribution is 9.10. The Morgan fingerprint density at radius 3 is 2.82 bits per heavy atom. The number of hydrogen-bond donors (Lipinski definition) is 0. The maximum Gasteiger partial charge on any atom is 0.307 e. The molecule has 1 aromatic heterocycles. The smallest absolute Gasteiger partial charge is 0.287 e. The summed E-state index contributed by atoms with van der Waals surface area (Å²) in [6.45, 7) is -0.191. The van der Waals surface area contributed by atoms with Gasteiger partial charge < -0.3 is 0 Å². The first-order valence-corrected chi connectivity index (χ1v) is 9.42. The molecule has 1 saturated heterocycles. The van der Waals surface area contributed by atoms with Crippen LogP contribution in [-0.4, -0.2) is 31.1 Å². The second-order valence-electron chi connectivity index (χ2n) is 4.83. The summed E-state index contributed by atoms with van der Waals surface area (Å²) in [7, 11) is -4.72. The Hall–Kier alpha value is -1.32. The van der Waals surface area contributed by atoms with Crippen LogP contribution < -0.4 is 4.90 Å². The van der Waals surface area contributed by atoms with Gasteiger partial charge in [-0.05, 0) is 12.1 Å². The van der Waals surface area contributed by atoms with Gasteiger partial charge in [-0.1, -0.05) is 28.1 Å². The lowest BCUT2D eigenvalue weighted by molar-refractivity contribution is -0.117. The van der Waals surface area contributed by atoms with E-state index in [1.807, 2.05) is 24.3 Å². The van der Waals surface area contributed by atoms with E-state index in [1.165, 1.54) is 16.2 Å². The van der Waals surface area contributed by atoms with Crippen LogP contribution in [0.1, 0.15) is 6.42 Å². The standard InChI is InChI=1S/C13H10BrFN2O3S2/c14-9-3-1-2-8(4-9)11-7-21-13(16-11)17-6-10(5-12(17)18)22(15,19)20/h1-4,7,10H,5-6H2. The normalized spacial score (nSPS) is 18.9. The Kier molecular flexibility index (Phi) is 4.04. The Labute approximate surface area is 139 Å². The van der Waals surface area contributed by atoms with Gasteiger partial charge in [0, 0.05) is 28.4 Å². The molecule has 0 spiro atoms. The molecule has 1 aromatic carbocycles. The van der Waals surface area contributed by atoms with Crippen molar-refractivity contribution in [3.63, 3.8) is 0 Å². The quantitative estimate of drug-likeness (QED) is 0.737. The van der Waals surface area contributed by atoms with Crippen molar-refractivity contribution in [1.82, 2.24) is 4.98 Å². The van der Waals surface area contributed by atoms with Gasteiger partial charge in [0.1, 0.15) is 5.25 Å². The van der Waals surface area contributed by atoms with Gasteiger partial charge >= 0.3 is 10.2 Å². The van der Waals surface area contributed by atoms with E-state index in [9.17, 15) is 17.1 Å². The zero-order valence-corrected chi connectivity index (χ0v) is 14.3. The van der Waals surface area contributed by atoms with Crippen molar-refractivity contribution in [2.45, 2.75) is 11.7 Å². The van der Waals surface area contributed by atoms with E-state index in [-0.39, 0.29) is 13.0 Å². The van der Waals surface area contributed by atoms with Gasteiger partial charge in [0.15, 0.2) is 5.13 Å². The molecule has 1 aliphatic heterocycles. The number of rotatable bonds is 3. The van der Waals surface area contributed by atoms with Crippen LogP contribution in [-0.2, 0) is 15.0 Å². The van der Waals surface area contributed by atoms with Crippen molar-refractivity contribution in [3.8, 4) is 11.3 Å². The fourth-order valence-corrected chi connectivity index (χ4v) is 4.15. The Morgan fingerprint density at radius 2 is 2.18 bits per heavy atom. The average Bonchev–Trinajstić information content (AvgIpc) is 3.04. The van der Waals surface area contributed by atoms with E-state index in [0.29, 0.717) is 10.8 Å². The fraction of sp³-hybridized carbons (Fsp3) is 0.231. The second-order valence-corrected chi connectivity index (χ2v) is 8.20. The van der Waals surface area contributed by atoms with Crippen LogP contribution in [0.15, 0.2) is 34.1 Å². The van der Waals surface area contributed by atoms with Gasteiger partial charge in [-0.2, -0.15) is 8.42 Å². The Balaban J connectivity index is 1.87. The lowest BCUT2D eigenvalue weighted by atomic mass is 10.2. The summed E-state index contributed by atoms with van der Waals surface area (Å²) in [6, 6.07) is 7.52. The SMILES string of the molecule is O=C1CC(S(=O)(=O)F)CN1c1nc(-c2cccc(Br)c2)cs1. The highest BCUT2D eigenvalue weighted by Gasteiger charge is 2.40. The van der Waals surface area contributed by atoms with Crippen molar-refractivity contribution in [2.75, 3.05) is 11.4 Å². The molecule has 116 valence electrons. The molecule has 2 aromatic rings. The fourth-order valence-electron chi connectivity index (χ4n) is 2.22. The van der Waals surface area contributed by atoms with E-state index < -0.39 is 21.4 Å². The molecule has 2 heterocycles. The molecular weight excluding hydrogens is 395 g/mol. The first-order valence-electron chi connectivity index (χ1n) is 6.30. The minimum Gasteiger partial charge on any atom is -0.287 e. The number of carbonyl (C=O) groups excluding carboxylic acids is 1. The van der Waals surface area contributed by atoms with E-state index in [0.717, 1.165) is 10.0 Å². The lowest BCUT2D eigenvalue weighted by Crippen LogP contribution is -2.26. The summed E-state index contributed by atoms with van der Waals surface area (Å²) < 4.78 is 35.9. The van der Waals surface area contributed by atoms with E-state index >= 15 is 0 Å². The molecule has 22 heavy (non-hydrogen) atoms. The Bertz CT molecular complexity index is 837. The van der Waals surface area contributed by atoms with Gasteiger partial charge in [0.25, 0.3) is 0 Å². The molecular formula is C13H10BrFN2O3S2. The molecule has 1 unspecified atom stereocenters. The van der Waals surface area contributed by atoms with Crippen molar-refractivity contribution in [1.29, 1.82) is 0 Å². The zero-order chi connectivity index (χ0) is 15.9. The largest absolute Gasteiger partial charge is 0.307 e. The average molecular weight is 405 g/mol. The molecule has 0 bridgehead atoms. The third-order valence-electron chi connectivity index (χ3n) is 3.33. The second kappa shape index (κ2) is 5.71. The molecule has 5 nitrogen and oxygen atoms in total. The molecule has 1 amide bonds. The van der Waals surface area contributed by atoms with Crippen LogP contribution in [0, 0.1) is 0 Å². The third kappa shape index (κ3) is 3.06. The maximum atomic E-state index is 13.0. The highest BCUT2D eigenvalue weighted by atomic mass is 79.9. The van der Waals surface area contributed by atoms with Gasteiger partial charge in [0.2, 0.25) is 5.91 Å². The number of amides is 1. The summed E-state index contributed by atoms with van der Waals surface area (Å²) in [5, 5.41) is 0.853. The summed E-state index contributed by atoms with van der Waals surface area (Å²) in [4.78, 5) is 17.5. The number of anilines is 1. The van der Waals surface area contributed by atoms with E-state index in [1.54, 1.807) is 5.38 Å². The topological polar surface area (TPSA) is 67.3 Å². The van der Waals surface area contributed by atoms with Crippen LogP contribution in [0.3, 0.4) is 0 Å². The molecule has 1 aliphatic rings. The molecule has 0 radical (unpaired) electrons. The highest BCUT2D eigenvalue weighted by Crippen LogP contribution is 2.32. The first-order chi connectivity index (χ1) is 10.3. The molecule has 9 heteroatoms. The number of halogens is 2. The molecule has 0 saturated carbocycles. The van der Waals surface area contributed by atoms with Gasteiger partial charge in [0.05, 0.1) is 5.69 Å².